The molecule has 5 rings (SSSR count). The molecule has 0 spiro atoms. The summed E-state index contributed by atoms with van der Waals surface area (Å²) < 4.78 is 22.1. The van der Waals surface area contributed by atoms with Gasteiger partial charge >= 0.3 is 0 Å². The fourth-order valence-electron chi connectivity index (χ4n) is 3.52. The Morgan fingerprint density at radius 1 is 1.06 bits per heavy atom. The third kappa shape index (κ3) is 4.92. The van der Waals surface area contributed by atoms with E-state index < -0.39 is 11.3 Å². The molecule has 0 radical (unpaired) electrons. The molecule has 2 N–H and O–H groups in total. The van der Waals surface area contributed by atoms with Crippen molar-refractivity contribution < 1.29 is 13.9 Å². The smallest absolute Gasteiger partial charge is 0.240 e. The quantitative estimate of drug-likeness (QED) is 0.352. The van der Waals surface area contributed by atoms with Gasteiger partial charge in [0.05, 0.1) is 6.04 Å². The monoisotopic (exact) mass is 539 g/mol. The fourth-order valence-corrected chi connectivity index (χ4v) is 4.89. The molecule has 0 saturated carbocycles. The molecule has 0 bridgehead atoms. The van der Waals surface area contributed by atoms with Gasteiger partial charge in [0.1, 0.15) is 23.4 Å². The number of carbonyl (C=O) groups excluding carboxylic acids is 1. The van der Waals surface area contributed by atoms with E-state index in [0.717, 1.165) is 10.0 Å². The first-order chi connectivity index (χ1) is 16.6. The molecule has 4 aromatic rings. The van der Waals surface area contributed by atoms with Crippen LogP contribution in [0.3, 0.4) is 0 Å². The zero-order valence-corrected chi connectivity index (χ0v) is 20.1. The molecule has 1 aromatic heterocycles. The molecular formula is C24H19BrFN5O2S. The Bertz CT molecular complexity index is 1290. The Morgan fingerprint density at radius 2 is 1.79 bits per heavy atom. The average molecular weight is 540 g/mol. The van der Waals surface area contributed by atoms with E-state index in [0.29, 0.717) is 22.4 Å². The summed E-state index contributed by atoms with van der Waals surface area (Å²) in [5.74, 6) is 0.728. The molecule has 7 nitrogen and oxygen atoms in total. The van der Waals surface area contributed by atoms with Crippen LogP contribution in [0.25, 0.3) is 0 Å². The van der Waals surface area contributed by atoms with Crippen LogP contribution in [0.1, 0.15) is 17.4 Å². The van der Waals surface area contributed by atoms with Crippen molar-refractivity contribution in [2.24, 2.45) is 0 Å². The maximum absolute atomic E-state index is 13.6. The highest BCUT2D eigenvalue weighted by molar-refractivity contribution is 9.10. The first kappa shape index (κ1) is 22.4. The lowest BCUT2D eigenvalue weighted by Gasteiger charge is -2.33. The molecule has 34 heavy (non-hydrogen) atoms. The summed E-state index contributed by atoms with van der Waals surface area (Å²) in [5.41, 5.74) is 4.78. The number of halogens is 2. The summed E-state index contributed by atoms with van der Waals surface area (Å²) in [6.45, 7) is 0.191. The number of amides is 1. The van der Waals surface area contributed by atoms with Crippen LogP contribution in [0.15, 0.2) is 88.5 Å². The molecule has 1 aliphatic rings. The molecule has 2 atom stereocenters. The first-order valence-corrected chi connectivity index (χ1v) is 12.1. The van der Waals surface area contributed by atoms with Gasteiger partial charge in [0.2, 0.25) is 11.1 Å². The third-order valence-electron chi connectivity index (χ3n) is 5.21. The second-order valence-electron chi connectivity index (χ2n) is 7.53. The van der Waals surface area contributed by atoms with E-state index in [2.05, 4.69) is 36.9 Å². The van der Waals surface area contributed by atoms with Crippen molar-refractivity contribution in [3.63, 3.8) is 0 Å². The highest BCUT2D eigenvalue weighted by Gasteiger charge is 2.38. The summed E-state index contributed by atoms with van der Waals surface area (Å²) in [5, 5.41) is 11.4. The fraction of sp³-hybridized carbons (Fsp3) is 0.125. The number of hydrogen-bond donors (Lipinski definition) is 2. The average Bonchev–Trinajstić information content (AvgIpc) is 3.26. The molecule has 0 fully saturated rings. The van der Waals surface area contributed by atoms with Crippen molar-refractivity contribution in [3.05, 3.63) is 101 Å². The number of ether oxygens (including phenoxy) is 1. The Morgan fingerprint density at radius 3 is 2.53 bits per heavy atom. The molecule has 3 aromatic carbocycles. The van der Waals surface area contributed by atoms with Crippen molar-refractivity contribution in [2.45, 2.75) is 23.1 Å². The zero-order valence-electron chi connectivity index (χ0n) is 17.7. The third-order valence-corrected chi connectivity index (χ3v) is 6.96. The van der Waals surface area contributed by atoms with Gasteiger partial charge in [-0.15, -0.1) is 10.2 Å². The lowest BCUT2D eigenvalue weighted by molar-refractivity contribution is -0.116. The van der Waals surface area contributed by atoms with Crippen LogP contribution in [-0.2, 0) is 11.4 Å². The highest BCUT2D eigenvalue weighted by Crippen LogP contribution is 2.37. The molecule has 2 heterocycles. The number of rotatable bonds is 6. The van der Waals surface area contributed by atoms with Crippen LogP contribution in [-0.4, -0.2) is 26.0 Å². The normalized spacial score (nSPS) is 16.9. The maximum atomic E-state index is 13.6. The van der Waals surface area contributed by atoms with E-state index in [1.807, 2.05) is 54.6 Å². The molecule has 1 aliphatic heterocycles. The van der Waals surface area contributed by atoms with Crippen molar-refractivity contribution >= 4 is 39.3 Å². The van der Waals surface area contributed by atoms with Gasteiger partial charge in [-0.25, -0.2) is 9.07 Å². The Balaban J connectivity index is 1.41. The second kappa shape index (κ2) is 9.86. The molecule has 0 aliphatic carbocycles. The first-order valence-electron chi connectivity index (χ1n) is 10.4. The van der Waals surface area contributed by atoms with E-state index in [-0.39, 0.29) is 18.3 Å². The highest BCUT2D eigenvalue weighted by atomic mass is 79.9. The Kier molecular flexibility index (Phi) is 6.50. The van der Waals surface area contributed by atoms with Crippen LogP contribution in [0.2, 0.25) is 0 Å². The lowest BCUT2D eigenvalue weighted by atomic mass is 10.0. The van der Waals surface area contributed by atoms with Gasteiger partial charge in [-0.2, -0.15) is 0 Å². The second-order valence-corrected chi connectivity index (χ2v) is 9.55. The molecular weight excluding hydrogens is 521 g/mol. The minimum atomic E-state index is -0.575. The number of para-hydroxylation sites is 1. The van der Waals surface area contributed by atoms with Gasteiger partial charge in [-0.05, 0) is 54.1 Å². The molecule has 0 saturated heterocycles. The van der Waals surface area contributed by atoms with Crippen LogP contribution >= 0.6 is 27.7 Å². The number of nitrogens with one attached hydrogen (secondary N) is 2. The van der Waals surface area contributed by atoms with Crippen LogP contribution in [0.5, 0.6) is 5.75 Å². The number of benzene rings is 3. The largest absolute Gasteiger partial charge is 0.486 e. The van der Waals surface area contributed by atoms with Gasteiger partial charge in [0.15, 0.2) is 5.82 Å². The van der Waals surface area contributed by atoms with E-state index in [9.17, 15) is 9.18 Å². The van der Waals surface area contributed by atoms with Crippen LogP contribution in [0.4, 0.5) is 10.1 Å². The number of carbonyl (C=O) groups is 1. The summed E-state index contributed by atoms with van der Waals surface area (Å²) in [6, 6.07) is 22.4. The van der Waals surface area contributed by atoms with Crippen LogP contribution < -0.4 is 15.5 Å². The van der Waals surface area contributed by atoms with Crippen molar-refractivity contribution in [2.75, 3.05) is 10.7 Å². The zero-order chi connectivity index (χ0) is 23.5. The van der Waals surface area contributed by atoms with Crippen molar-refractivity contribution in [3.8, 4) is 5.75 Å². The van der Waals surface area contributed by atoms with Crippen LogP contribution in [0, 0.1) is 5.82 Å². The summed E-state index contributed by atoms with van der Waals surface area (Å²) in [6.07, 6.45) is 0. The molecule has 10 heteroatoms. The van der Waals surface area contributed by atoms with Gasteiger partial charge in [0.25, 0.3) is 0 Å². The number of fused-ring (bicyclic) bond motifs is 1. The number of nitrogens with zero attached hydrogens (tertiary/aromatic N) is 3. The van der Waals surface area contributed by atoms with Crippen molar-refractivity contribution in [1.29, 1.82) is 0 Å². The van der Waals surface area contributed by atoms with E-state index >= 15 is 0 Å². The number of thioether (sulfide) groups is 1. The Labute approximate surface area is 207 Å². The van der Waals surface area contributed by atoms with E-state index in [1.54, 1.807) is 16.8 Å². The number of aromatic nitrogens is 3. The van der Waals surface area contributed by atoms with Gasteiger partial charge in [0, 0.05) is 10.2 Å². The maximum Gasteiger partial charge on any atom is 0.240 e. The summed E-state index contributed by atoms with van der Waals surface area (Å²) in [4.78, 5) is 13.3. The lowest BCUT2D eigenvalue weighted by Crippen LogP contribution is -2.41. The molecule has 1 amide bonds. The van der Waals surface area contributed by atoms with Gasteiger partial charge in [-0.3, -0.25) is 4.79 Å². The topological polar surface area (TPSA) is 81.1 Å². The SMILES string of the molecule is O=C(Nc1ccc(Br)cc1)[C@H]1Sc2nnc(COc3ccccc3)n2N[C@H]1c1ccc(F)cc1. The summed E-state index contributed by atoms with van der Waals surface area (Å²) in [7, 11) is 0. The van der Waals surface area contributed by atoms with Crippen molar-refractivity contribution in [1.82, 2.24) is 14.9 Å². The molecule has 172 valence electrons. The summed E-state index contributed by atoms with van der Waals surface area (Å²) >= 11 is 4.69. The van der Waals surface area contributed by atoms with Gasteiger partial charge < -0.3 is 15.5 Å². The van der Waals surface area contributed by atoms with E-state index in [4.69, 9.17) is 4.74 Å². The number of hydrogen-bond acceptors (Lipinski definition) is 6. The predicted octanol–water partition coefficient (Wildman–Crippen LogP) is 5.16. The van der Waals surface area contributed by atoms with E-state index in [1.165, 1.54) is 23.9 Å². The molecule has 0 unspecified atom stereocenters. The standard InChI is InChI=1S/C24H19BrFN5O2S/c25-16-8-12-18(13-9-16)27-23(32)22-21(15-6-10-17(26)11-7-15)30-31-20(28-29-24(31)34-22)14-33-19-4-2-1-3-5-19/h1-13,21-22,30H,14H2,(H,27,32)/t21-,22-/m0/s1. The number of anilines is 1. The minimum absolute atomic E-state index is 0.191. The van der Waals surface area contributed by atoms with Gasteiger partial charge in [-0.1, -0.05) is 58.0 Å². The minimum Gasteiger partial charge on any atom is -0.486 e. The predicted molar refractivity (Wildman–Crippen MR) is 132 cm³/mol. The Hall–Kier alpha value is -3.37.